The fraction of sp³-hybridized carbons (Fsp3) is 0.632. The van der Waals surface area contributed by atoms with Crippen LogP contribution in [0.5, 0.6) is 0 Å². The van der Waals surface area contributed by atoms with Crippen LogP contribution >= 0.6 is 0 Å². The third-order valence-corrected chi connectivity index (χ3v) is 4.28. The average molecular weight is 332 g/mol. The Balaban J connectivity index is 2.00. The highest BCUT2D eigenvalue weighted by Crippen LogP contribution is 2.25. The molecule has 1 atom stereocenters. The molecule has 2 N–H and O–H groups in total. The van der Waals surface area contributed by atoms with Gasteiger partial charge in [-0.25, -0.2) is 0 Å². The topological polar surface area (TPSA) is 48.9 Å². The molecule has 1 saturated heterocycles. The van der Waals surface area contributed by atoms with Crippen molar-refractivity contribution in [2.24, 2.45) is 4.99 Å². The predicted octanol–water partition coefficient (Wildman–Crippen LogP) is 2.42. The lowest BCUT2D eigenvalue weighted by Gasteiger charge is -2.27. The van der Waals surface area contributed by atoms with Crippen molar-refractivity contribution in [2.75, 3.05) is 45.9 Å². The first kappa shape index (κ1) is 18.7. The zero-order valence-corrected chi connectivity index (χ0v) is 15.1. The molecule has 5 nitrogen and oxygen atoms in total. The molecule has 0 amide bonds. The van der Waals surface area contributed by atoms with Gasteiger partial charge in [0.15, 0.2) is 5.96 Å². The van der Waals surface area contributed by atoms with E-state index in [1.807, 2.05) is 6.92 Å². The second kappa shape index (κ2) is 11.0. The van der Waals surface area contributed by atoms with E-state index >= 15 is 0 Å². The molecular weight excluding hydrogens is 300 g/mol. The summed E-state index contributed by atoms with van der Waals surface area (Å²) in [6.07, 6.45) is 2.58. The third kappa shape index (κ3) is 6.13. The van der Waals surface area contributed by atoms with Gasteiger partial charge in [0.05, 0.1) is 19.2 Å². The summed E-state index contributed by atoms with van der Waals surface area (Å²) in [4.78, 5) is 7.39. The Morgan fingerprint density at radius 3 is 2.58 bits per heavy atom. The van der Waals surface area contributed by atoms with Crippen LogP contribution in [0.15, 0.2) is 35.3 Å². The summed E-state index contributed by atoms with van der Waals surface area (Å²) >= 11 is 0. The zero-order valence-electron chi connectivity index (χ0n) is 15.1. The van der Waals surface area contributed by atoms with Crippen molar-refractivity contribution in [3.8, 4) is 0 Å². The summed E-state index contributed by atoms with van der Waals surface area (Å²) in [5.41, 5.74) is 1.35. The standard InChI is InChI=1S/C19H32N4O/c1-3-20-19(21-12-15-24-4-2)22-16-18(23-13-8-9-14-23)17-10-6-5-7-11-17/h5-7,10-11,18H,3-4,8-9,12-16H2,1-2H3,(H2,20,21,22). The molecule has 0 aromatic heterocycles. The minimum atomic E-state index is 0.357. The van der Waals surface area contributed by atoms with E-state index in [0.29, 0.717) is 12.6 Å². The summed E-state index contributed by atoms with van der Waals surface area (Å²) in [7, 11) is 0. The maximum absolute atomic E-state index is 5.38. The van der Waals surface area contributed by atoms with Gasteiger partial charge in [-0.05, 0) is 45.3 Å². The van der Waals surface area contributed by atoms with Gasteiger partial charge in [-0.2, -0.15) is 0 Å². The lowest BCUT2D eigenvalue weighted by atomic mass is 10.1. The van der Waals surface area contributed by atoms with Crippen molar-refractivity contribution in [2.45, 2.75) is 32.7 Å². The quantitative estimate of drug-likeness (QED) is 0.414. The number of benzene rings is 1. The van der Waals surface area contributed by atoms with Crippen molar-refractivity contribution in [3.05, 3.63) is 35.9 Å². The molecular formula is C19H32N4O. The molecule has 1 aromatic carbocycles. The third-order valence-electron chi connectivity index (χ3n) is 4.28. The van der Waals surface area contributed by atoms with Crippen LogP contribution in [0.2, 0.25) is 0 Å². The minimum Gasteiger partial charge on any atom is -0.380 e. The molecule has 1 unspecified atom stereocenters. The van der Waals surface area contributed by atoms with Crippen LogP contribution in [0.4, 0.5) is 0 Å². The van der Waals surface area contributed by atoms with Crippen LogP contribution in [0, 0.1) is 0 Å². The number of rotatable bonds is 9. The number of guanidine groups is 1. The number of hydrogen-bond acceptors (Lipinski definition) is 3. The van der Waals surface area contributed by atoms with Gasteiger partial charge in [-0.15, -0.1) is 0 Å². The molecule has 1 heterocycles. The molecule has 1 fully saturated rings. The first-order valence-electron chi connectivity index (χ1n) is 9.24. The summed E-state index contributed by atoms with van der Waals surface area (Å²) in [6, 6.07) is 11.1. The summed E-state index contributed by atoms with van der Waals surface area (Å²) in [6.45, 7) is 10.3. The molecule has 0 saturated carbocycles. The summed E-state index contributed by atoms with van der Waals surface area (Å²) < 4.78 is 5.38. The molecule has 0 radical (unpaired) electrons. The zero-order chi connectivity index (χ0) is 17.0. The van der Waals surface area contributed by atoms with E-state index in [2.05, 4.69) is 52.8 Å². The number of nitrogens with one attached hydrogen (secondary N) is 2. The fourth-order valence-electron chi connectivity index (χ4n) is 3.07. The Bertz CT molecular complexity index is 472. The Morgan fingerprint density at radius 2 is 1.92 bits per heavy atom. The lowest BCUT2D eigenvalue weighted by Crippen LogP contribution is -2.40. The highest BCUT2D eigenvalue weighted by atomic mass is 16.5. The molecule has 134 valence electrons. The molecule has 0 aliphatic carbocycles. The molecule has 0 bridgehead atoms. The van der Waals surface area contributed by atoms with Crippen LogP contribution in [-0.4, -0.2) is 56.8 Å². The number of nitrogens with zero attached hydrogens (tertiary/aromatic N) is 2. The second-order valence-corrected chi connectivity index (χ2v) is 6.01. The van der Waals surface area contributed by atoms with E-state index in [1.54, 1.807) is 0 Å². The van der Waals surface area contributed by atoms with Gasteiger partial charge in [0.25, 0.3) is 0 Å². The highest BCUT2D eigenvalue weighted by molar-refractivity contribution is 5.79. The lowest BCUT2D eigenvalue weighted by molar-refractivity contribution is 0.152. The summed E-state index contributed by atoms with van der Waals surface area (Å²) in [5.74, 6) is 0.873. The number of likely N-dealkylation sites (tertiary alicyclic amines) is 1. The van der Waals surface area contributed by atoms with E-state index in [1.165, 1.54) is 31.5 Å². The molecule has 2 rings (SSSR count). The van der Waals surface area contributed by atoms with Crippen LogP contribution in [-0.2, 0) is 4.74 Å². The van der Waals surface area contributed by atoms with Crippen LogP contribution < -0.4 is 10.6 Å². The van der Waals surface area contributed by atoms with E-state index in [0.717, 1.165) is 32.2 Å². The number of aliphatic imine (C=N–C) groups is 1. The number of hydrogen-bond donors (Lipinski definition) is 2. The first-order chi connectivity index (χ1) is 11.8. The van der Waals surface area contributed by atoms with E-state index < -0.39 is 0 Å². The molecule has 1 aliphatic rings. The maximum Gasteiger partial charge on any atom is 0.191 e. The summed E-state index contributed by atoms with van der Waals surface area (Å²) in [5, 5.41) is 6.67. The molecule has 5 heteroatoms. The first-order valence-corrected chi connectivity index (χ1v) is 9.24. The van der Waals surface area contributed by atoms with Crippen molar-refractivity contribution < 1.29 is 4.74 Å². The average Bonchev–Trinajstić information content (AvgIpc) is 3.14. The molecule has 1 aromatic rings. The SMILES string of the molecule is CCNC(=NCC(c1ccccc1)N1CCCC1)NCCOCC. The fourth-order valence-corrected chi connectivity index (χ4v) is 3.07. The Morgan fingerprint density at radius 1 is 1.17 bits per heavy atom. The van der Waals surface area contributed by atoms with E-state index in [9.17, 15) is 0 Å². The van der Waals surface area contributed by atoms with Gasteiger partial charge in [0, 0.05) is 19.7 Å². The van der Waals surface area contributed by atoms with Gasteiger partial charge in [0.2, 0.25) is 0 Å². The number of ether oxygens (including phenoxy) is 1. The van der Waals surface area contributed by atoms with Crippen LogP contribution in [0.25, 0.3) is 0 Å². The monoisotopic (exact) mass is 332 g/mol. The van der Waals surface area contributed by atoms with Crippen molar-refractivity contribution in [1.82, 2.24) is 15.5 Å². The van der Waals surface area contributed by atoms with Crippen LogP contribution in [0.3, 0.4) is 0 Å². The Labute approximate surface area is 146 Å². The van der Waals surface area contributed by atoms with Crippen LogP contribution in [0.1, 0.15) is 38.3 Å². The molecule has 1 aliphatic heterocycles. The van der Waals surface area contributed by atoms with E-state index in [-0.39, 0.29) is 0 Å². The van der Waals surface area contributed by atoms with Crippen molar-refractivity contribution in [1.29, 1.82) is 0 Å². The van der Waals surface area contributed by atoms with Crippen molar-refractivity contribution in [3.63, 3.8) is 0 Å². The Kier molecular flexibility index (Phi) is 8.63. The van der Waals surface area contributed by atoms with Gasteiger partial charge in [-0.1, -0.05) is 30.3 Å². The predicted molar refractivity (Wildman–Crippen MR) is 100 cm³/mol. The van der Waals surface area contributed by atoms with Gasteiger partial charge in [0.1, 0.15) is 0 Å². The molecule has 24 heavy (non-hydrogen) atoms. The van der Waals surface area contributed by atoms with Gasteiger partial charge in [-0.3, -0.25) is 9.89 Å². The van der Waals surface area contributed by atoms with E-state index in [4.69, 9.17) is 9.73 Å². The minimum absolute atomic E-state index is 0.357. The van der Waals surface area contributed by atoms with Gasteiger partial charge >= 0.3 is 0 Å². The highest BCUT2D eigenvalue weighted by Gasteiger charge is 2.23. The van der Waals surface area contributed by atoms with Crippen molar-refractivity contribution >= 4 is 5.96 Å². The Hall–Kier alpha value is -1.59. The molecule has 0 spiro atoms. The smallest absolute Gasteiger partial charge is 0.191 e. The largest absolute Gasteiger partial charge is 0.380 e. The normalized spacial score (nSPS) is 17.0. The maximum atomic E-state index is 5.38. The van der Waals surface area contributed by atoms with Gasteiger partial charge < -0.3 is 15.4 Å². The second-order valence-electron chi connectivity index (χ2n) is 6.01.